The van der Waals surface area contributed by atoms with Gasteiger partial charge in [-0.05, 0) is 18.4 Å². The number of likely N-dealkylation sites (N-methyl/N-ethyl adjacent to an activating group) is 1. The van der Waals surface area contributed by atoms with Crippen LogP contribution in [0.4, 0.5) is 0 Å². The van der Waals surface area contributed by atoms with Crippen LogP contribution in [0.25, 0.3) is 0 Å². The smallest absolute Gasteiger partial charge is 0.255 e. The van der Waals surface area contributed by atoms with Crippen molar-refractivity contribution in [1.29, 1.82) is 0 Å². The Morgan fingerprint density at radius 2 is 1.95 bits per heavy atom. The molecule has 0 saturated heterocycles. The van der Waals surface area contributed by atoms with E-state index in [-0.39, 0.29) is 17.9 Å². The third-order valence-electron chi connectivity index (χ3n) is 4.10. The van der Waals surface area contributed by atoms with Gasteiger partial charge >= 0.3 is 0 Å². The Hall–Kier alpha value is -1.39. The van der Waals surface area contributed by atoms with E-state index in [2.05, 4.69) is 0 Å². The molecule has 110 valence electrons. The van der Waals surface area contributed by atoms with Crippen LogP contribution in [0.1, 0.15) is 37.4 Å². The fourth-order valence-electron chi connectivity index (χ4n) is 2.83. The first-order valence-corrected chi connectivity index (χ1v) is 7.25. The summed E-state index contributed by atoms with van der Waals surface area (Å²) >= 11 is 0. The van der Waals surface area contributed by atoms with Crippen LogP contribution in [-0.2, 0) is 4.79 Å². The van der Waals surface area contributed by atoms with E-state index in [1.807, 2.05) is 6.07 Å². The molecule has 2 N–H and O–H groups in total. The maximum Gasteiger partial charge on any atom is 0.255 e. The van der Waals surface area contributed by atoms with Crippen molar-refractivity contribution in [3.63, 3.8) is 0 Å². The number of benzene rings is 1. The predicted molar refractivity (Wildman–Crippen MR) is 77.0 cm³/mol. The summed E-state index contributed by atoms with van der Waals surface area (Å²) in [4.78, 5) is 13.8. The molecule has 3 atom stereocenters. The fraction of sp³-hybridized carbons (Fsp3) is 0.562. The first-order chi connectivity index (χ1) is 9.59. The number of aliphatic hydroxyl groups excluding tert-OH is 2. The number of carbonyl (C=O) groups excluding carboxylic acids is 1. The first kappa shape index (κ1) is 15.0. The molecule has 1 amide bonds. The third-order valence-corrected chi connectivity index (χ3v) is 4.10. The summed E-state index contributed by atoms with van der Waals surface area (Å²) in [5, 5.41) is 20.1. The van der Waals surface area contributed by atoms with Gasteiger partial charge in [0.2, 0.25) is 0 Å². The number of rotatable bonds is 4. The quantitative estimate of drug-likeness (QED) is 0.881. The van der Waals surface area contributed by atoms with Crippen molar-refractivity contribution in [2.24, 2.45) is 5.92 Å². The molecular formula is C16H23NO3. The lowest BCUT2D eigenvalue weighted by atomic mass is 9.86. The Bertz CT molecular complexity index is 435. The van der Waals surface area contributed by atoms with E-state index in [1.54, 1.807) is 31.3 Å². The van der Waals surface area contributed by atoms with Gasteiger partial charge in [-0.2, -0.15) is 0 Å². The molecule has 0 heterocycles. The molecule has 0 spiro atoms. The number of nitrogens with zero attached hydrogens (tertiary/aromatic N) is 1. The Morgan fingerprint density at radius 1 is 1.30 bits per heavy atom. The van der Waals surface area contributed by atoms with Gasteiger partial charge in [0, 0.05) is 19.5 Å². The summed E-state index contributed by atoms with van der Waals surface area (Å²) in [6, 6.07) is 8.94. The number of hydrogen-bond donors (Lipinski definition) is 2. The van der Waals surface area contributed by atoms with Crippen LogP contribution in [0.2, 0.25) is 0 Å². The van der Waals surface area contributed by atoms with Gasteiger partial charge in [-0.15, -0.1) is 0 Å². The number of hydrogen-bond acceptors (Lipinski definition) is 3. The molecule has 0 aromatic heterocycles. The van der Waals surface area contributed by atoms with Crippen molar-refractivity contribution >= 4 is 5.91 Å². The highest BCUT2D eigenvalue weighted by atomic mass is 16.3. The van der Waals surface area contributed by atoms with Crippen molar-refractivity contribution in [2.45, 2.75) is 37.9 Å². The Balaban J connectivity index is 1.94. The van der Waals surface area contributed by atoms with E-state index in [4.69, 9.17) is 0 Å². The Morgan fingerprint density at radius 3 is 2.60 bits per heavy atom. The lowest BCUT2D eigenvalue weighted by molar-refractivity contribution is -0.140. The molecule has 0 radical (unpaired) electrons. The van der Waals surface area contributed by atoms with Crippen LogP contribution >= 0.6 is 0 Å². The fourth-order valence-corrected chi connectivity index (χ4v) is 2.83. The molecule has 2 rings (SSSR count). The highest BCUT2D eigenvalue weighted by Gasteiger charge is 2.28. The standard InChI is InChI=1S/C16H23NO3/c1-17(11-13-9-5-6-10-14(13)18)16(20)15(19)12-7-3-2-4-8-12/h2-4,7-8,13-15,18-19H,5-6,9-11H2,1H3. The van der Waals surface area contributed by atoms with E-state index >= 15 is 0 Å². The SMILES string of the molecule is CN(CC1CCCCC1O)C(=O)C(O)c1ccccc1. The molecule has 0 aliphatic heterocycles. The predicted octanol–water partition coefficient (Wildman–Crippen LogP) is 1.73. The molecular weight excluding hydrogens is 254 g/mol. The zero-order chi connectivity index (χ0) is 14.5. The zero-order valence-corrected chi connectivity index (χ0v) is 11.9. The van der Waals surface area contributed by atoms with Crippen molar-refractivity contribution in [2.75, 3.05) is 13.6 Å². The normalized spacial score (nSPS) is 24.1. The van der Waals surface area contributed by atoms with Gasteiger partial charge in [0.05, 0.1) is 6.10 Å². The average molecular weight is 277 g/mol. The molecule has 1 saturated carbocycles. The van der Waals surface area contributed by atoms with E-state index in [0.717, 1.165) is 25.7 Å². The largest absolute Gasteiger partial charge is 0.393 e. The molecule has 1 aliphatic carbocycles. The van der Waals surface area contributed by atoms with Gasteiger partial charge in [-0.3, -0.25) is 4.79 Å². The summed E-state index contributed by atoms with van der Waals surface area (Å²) in [6.07, 6.45) is 2.47. The maximum atomic E-state index is 12.2. The Labute approximate surface area is 120 Å². The molecule has 20 heavy (non-hydrogen) atoms. The first-order valence-electron chi connectivity index (χ1n) is 7.25. The second kappa shape index (κ2) is 6.86. The summed E-state index contributed by atoms with van der Waals surface area (Å²) in [7, 11) is 1.69. The summed E-state index contributed by atoms with van der Waals surface area (Å²) in [6.45, 7) is 0.504. The lowest BCUT2D eigenvalue weighted by Crippen LogP contribution is -2.40. The van der Waals surface area contributed by atoms with E-state index in [1.165, 1.54) is 4.90 Å². The van der Waals surface area contributed by atoms with Gasteiger partial charge in [0.1, 0.15) is 0 Å². The van der Waals surface area contributed by atoms with Crippen LogP contribution in [-0.4, -0.2) is 40.7 Å². The van der Waals surface area contributed by atoms with Crippen molar-refractivity contribution in [3.05, 3.63) is 35.9 Å². The Kier molecular flexibility index (Phi) is 5.15. The van der Waals surface area contributed by atoms with E-state index < -0.39 is 6.10 Å². The average Bonchev–Trinajstić information content (AvgIpc) is 2.49. The molecule has 4 heteroatoms. The lowest BCUT2D eigenvalue weighted by Gasteiger charge is -2.32. The van der Waals surface area contributed by atoms with Crippen molar-refractivity contribution in [3.8, 4) is 0 Å². The minimum atomic E-state index is -1.12. The number of carbonyl (C=O) groups is 1. The van der Waals surface area contributed by atoms with Gasteiger partial charge in [0.15, 0.2) is 6.10 Å². The molecule has 3 unspecified atom stereocenters. The summed E-state index contributed by atoms with van der Waals surface area (Å²) in [5.41, 5.74) is 0.605. The zero-order valence-electron chi connectivity index (χ0n) is 11.9. The van der Waals surface area contributed by atoms with Gasteiger partial charge < -0.3 is 15.1 Å². The molecule has 0 bridgehead atoms. The number of aliphatic hydroxyl groups is 2. The monoisotopic (exact) mass is 277 g/mol. The summed E-state index contributed by atoms with van der Waals surface area (Å²) in [5.74, 6) is -0.186. The topological polar surface area (TPSA) is 60.8 Å². The maximum absolute atomic E-state index is 12.2. The number of amides is 1. The highest BCUT2D eigenvalue weighted by molar-refractivity contribution is 5.81. The van der Waals surface area contributed by atoms with Crippen LogP contribution < -0.4 is 0 Å². The minimum Gasteiger partial charge on any atom is -0.393 e. The molecule has 1 aromatic rings. The van der Waals surface area contributed by atoms with Crippen LogP contribution in [0.3, 0.4) is 0 Å². The molecule has 4 nitrogen and oxygen atoms in total. The van der Waals surface area contributed by atoms with E-state index in [0.29, 0.717) is 12.1 Å². The highest BCUT2D eigenvalue weighted by Crippen LogP contribution is 2.25. The van der Waals surface area contributed by atoms with Crippen LogP contribution in [0.15, 0.2) is 30.3 Å². The second-order valence-corrected chi connectivity index (χ2v) is 5.64. The van der Waals surface area contributed by atoms with Crippen LogP contribution in [0.5, 0.6) is 0 Å². The van der Waals surface area contributed by atoms with Gasteiger partial charge in [-0.1, -0.05) is 43.2 Å². The van der Waals surface area contributed by atoms with Crippen LogP contribution in [0, 0.1) is 5.92 Å². The molecule has 1 fully saturated rings. The van der Waals surface area contributed by atoms with Crippen molar-refractivity contribution in [1.82, 2.24) is 4.90 Å². The minimum absolute atomic E-state index is 0.126. The molecule has 1 aliphatic rings. The van der Waals surface area contributed by atoms with E-state index in [9.17, 15) is 15.0 Å². The van der Waals surface area contributed by atoms with Gasteiger partial charge in [-0.25, -0.2) is 0 Å². The van der Waals surface area contributed by atoms with Crippen molar-refractivity contribution < 1.29 is 15.0 Å². The third kappa shape index (κ3) is 3.58. The summed E-state index contributed by atoms with van der Waals surface area (Å²) < 4.78 is 0. The second-order valence-electron chi connectivity index (χ2n) is 5.64. The molecule has 1 aromatic carbocycles. The van der Waals surface area contributed by atoms with Gasteiger partial charge in [0.25, 0.3) is 5.91 Å².